The van der Waals surface area contributed by atoms with Crippen molar-refractivity contribution >= 4 is 62.4 Å². The van der Waals surface area contributed by atoms with Gasteiger partial charge in [-0.05, 0) is 144 Å². The molecule has 0 fully saturated rings. The second kappa shape index (κ2) is 33.6. The van der Waals surface area contributed by atoms with Gasteiger partial charge in [-0.15, -0.1) is 10.2 Å². The lowest BCUT2D eigenvalue weighted by molar-refractivity contribution is -0.142. The van der Waals surface area contributed by atoms with Crippen LogP contribution in [0.5, 0.6) is 11.5 Å². The van der Waals surface area contributed by atoms with Gasteiger partial charge in [-0.2, -0.15) is 0 Å². The lowest BCUT2D eigenvalue weighted by atomic mass is 10.0. The van der Waals surface area contributed by atoms with E-state index >= 15 is 0 Å². The van der Waals surface area contributed by atoms with E-state index in [0.717, 1.165) is 84.8 Å². The third-order valence-corrected chi connectivity index (χ3v) is 16.7. The monoisotopic (exact) mass is 1380 g/mol. The molecule has 25 nitrogen and oxygen atoms in total. The average molecular weight is 1380 g/mol. The molecule has 0 aliphatic rings. The number of esters is 2. The summed E-state index contributed by atoms with van der Waals surface area (Å²) < 4.78 is 67.1. The number of ether oxygens (including phenoxy) is 2. The van der Waals surface area contributed by atoms with E-state index in [1.807, 2.05) is 91.4 Å². The number of carbonyl (C=O) groups is 5. The van der Waals surface area contributed by atoms with E-state index in [-0.39, 0.29) is 60.7 Å². The molecule has 0 bridgehead atoms. The van der Waals surface area contributed by atoms with Gasteiger partial charge >= 0.3 is 11.9 Å². The maximum atomic E-state index is 13.8. The fourth-order valence-electron chi connectivity index (χ4n) is 11.4. The molecule has 12 aromatic rings. The molecule has 3 amide bonds. The minimum absolute atomic E-state index is 0.0304. The number of fused-ring (bicyclic) bond motifs is 3. The third-order valence-electron chi connectivity index (χ3n) is 16.7. The number of phenols is 2. The standard InChI is InChI=1S/C30H27F2N5O4.C29H26F2N6O4.C13H14N4O2/c1-41-29(39)15-21(13-20-16-33-26-5-3-2-4-23(20)26)37-17-28(35-36-37)27(12-18-6-9-22(38)10-7-18)34-30(40)19-8-11-24(31)25(32)14-19;30-23-10-7-18(13-24(23)31)29(40)33-26(11-17-5-8-21(38)9-6-17)27-16-37(36-34-27)20(14-28(39)35-41)12-19-15-32-25-4-2-1-3-22(19)25;1-19-13(18)7-10(16-17-14)6-9-8-15-12-5-3-2-4-11(9)12/h2-11,14,16-17,21,27,33,38H,12-13,15H2,1H3,(H,34,40);1-10,13,15-16,20,26,32,38,41H,11-12,14H2,(H,33,40)(H,35,39);2-5,8,10,15H,6-7H2,1H3/t21-,27?;20-,26?;10-/m111/s1. The summed E-state index contributed by atoms with van der Waals surface area (Å²) in [6.07, 6.45) is 10.7. The van der Waals surface area contributed by atoms with E-state index in [0.29, 0.717) is 30.7 Å². The number of azide groups is 1. The first-order valence-corrected chi connectivity index (χ1v) is 31.5. The quantitative estimate of drug-likeness (QED) is 0.00489. The number of nitrogens with zero attached hydrogens (tertiary/aromatic N) is 9. The number of halogens is 4. The highest BCUT2D eigenvalue weighted by Crippen LogP contribution is 2.30. The summed E-state index contributed by atoms with van der Waals surface area (Å²) in [5, 5.41) is 58.0. The van der Waals surface area contributed by atoms with Crippen molar-refractivity contribution in [2.24, 2.45) is 5.11 Å². The molecule has 101 heavy (non-hydrogen) atoms. The Hall–Kier alpha value is -12.6. The molecular weight excluding hydrogens is 1310 g/mol. The summed E-state index contributed by atoms with van der Waals surface area (Å²) >= 11 is 0. The lowest BCUT2D eigenvalue weighted by Crippen LogP contribution is -2.30. The highest BCUT2D eigenvalue weighted by atomic mass is 19.2. The zero-order valence-electron chi connectivity index (χ0n) is 54.2. The van der Waals surface area contributed by atoms with Crippen LogP contribution in [0.2, 0.25) is 0 Å². The zero-order chi connectivity index (χ0) is 71.5. The maximum Gasteiger partial charge on any atom is 0.307 e. The topological polar surface area (TPSA) is 358 Å². The Morgan fingerprint density at radius 3 is 1.32 bits per heavy atom. The Labute approximate surface area is 572 Å². The average Bonchev–Trinajstić information content (AvgIpc) is 1.69. The van der Waals surface area contributed by atoms with E-state index in [2.05, 4.69) is 61.0 Å². The highest BCUT2D eigenvalue weighted by molar-refractivity contribution is 5.95. The normalized spacial score (nSPS) is 12.5. The fraction of sp³-hybridized carbons (Fsp3) is 0.208. The molecule has 0 aliphatic heterocycles. The Bertz CT molecular complexity index is 4670. The van der Waals surface area contributed by atoms with Crippen LogP contribution in [0.4, 0.5) is 17.6 Å². The first kappa shape index (κ1) is 71.2. The van der Waals surface area contributed by atoms with Crippen molar-refractivity contribution in [2.45, 2.75) is 81.6 Å². The molecule has 9 N–H and O–H groups in total. The molecular formula is C72H67F4N15O10. The summed E-state index contributed by atoms with van der Waals surface area (Å²) in [5.41, 5.74) is 18.2. The second-order valence-corrected chi connectivity index (χ2v) is 23.5. The number of phenolic OH excluding ortho intramolecular Hbond substituents is 2. The van der Waals surface area contributed by atoms with Gasteiger partial charge in [0.05, 0.1) is 76.1 Å². The van der Waals surface area contributed by atoms with Crippen LogP contribution < -0.4 is 16.1 Å². The van der Waals surface area contributed by atoms with E-state index in [4.69, 9.17) is 10.3 Å². The van der Waals surface area contributed by atoms with E-state index < -0.39 is 77.2 Å². The van der Waals surface area contributed by atoms with Crippen molar-refractivity contribution in [3.05, 3.63) is 273 Å². The van der Waals surface area contributed by atoms with Crippen LogP contribution >= 0.6 is 0 Å². The maximum absolute atomic E-state index is 13.8. The Morgan fingerprint density at radius 1 is 0.525 bits per heavy atom. The molecule has 5 atom stereocenters. The zero-order valence-corrected chi connectivity index (χ0v) is 54.2. The fourth-order valence-corrected chi connectivity index (χ4v) is 11.4. The Kier molecular flexibility index (Phi) is 23.6. The van der Waals surface area contributed by atoms with Crippen LogP contribution in [0, 0.1) is 23.3 Å². The van der Waals surface area contributed by atoms with Crippen molar-refractivity contribution in [2.75, 3.05) is 14.2 Å². The number of hydroxylamine groups is 1. The van der Waals surface area contributed by atoms with Gasteiger partial charge in [0.1, 0.15) is 22.9 Å². The largest absolute Gasteiger partial charge is 0.508 e. The van der Waals surface area contributed by atoms with Gasteiger partial charge in [0, 0.05) is 67.3 Å². The number of rotatable bonds is 25. The number of benzene rings is 7. The van der Waals surface area contributed by atoms with Gasteiger partial charge in [-0.1, -0.05) is 94.4 Å². The van der Waals surface area contributed by atoms with Gasteiger partial charge in [-0.3, -0.25) is 29.2 Å². The smallest absolute Gasteiger partial charge is 0.307 e. The molecule has 2 unspecified atom stereocenters. The highest BCUT2D eigenvalue weighted by Gasteiger charge is 2.28. The number of nitrogens with one attached hydrogen (secondary N) is 6. The van der Waals surface area contributed by atoms with E-state index in [1.165, 1.54) is 55.3 Å². The van der Waals surface area contributed by atoms with Gasteiger partial charge in [0.2, 0.25) is 5.91 Å². The van der Waals surface area contributed by atoms with Crippen LogP contribution in [0.1, 0.15) is 103 Å². The van der Waals surface area contributed by atoms with Crippen LogP contribution in [0.15, 0.2) is 194 Å². The van der Waals surface area contributed by atoms with Crippen LogP contribution in [-0.4, -0.2) is 110 Å². The van der Waals surface area contributed by atoms with Crippen molar-refractivity contribution < 1.29 is 66.4 Å². The number of aromatic amines is 3. The SMILES string of the molecule is COC(=O)C[C@@H](Cc1c[nH]c2ccccc12)N=[N+]=[N-].COC(=O)C[C@@H](Cc1c[nH]c2ccccc12)n1cc(C(Cc2ccc(O)cc2)NC(=O)c2ccc(F)c(F)c2)nn1.O=C(C[C@@H](Cc1c[nH]c2ccccc12)n1cc(C(Cc2ccc(O)cc2)NC(=O)c2ccc(F)c(F)c2)nn1)NO. The van der Waals surface area contributed by atoms with E-state index in [9.17, 15) is 57.0 Å². The lowest BCUT2D eigenvalue weighted by Gasteiger charge is -2.18. The molecule has 5 heterocycles. The number of hydrogen-bond acceptors (Lipinski definition) is 15. The van der Waals surface area contributed by atoms with Crippen molar-refractivity contribution in [3.63, 3.8) is 0 Å². The molecule has 5 aromatic heterocycles. The molecule has 0 saturated carbocycles. The van der Waals surface area contributed by atoms with Crippen molar-refractivity contribution in [1.29, 1.82) is 0 Å². The second-order valence-electron chi connectivity index (χ2n) is 23.5. The van der Waals surface area contributed by atoms with Crippen molar-refractivity contribution in [3.8, 4) is 11.5 Å². The van der Waals surface area contributed by atoms with Crippen LogP contribution in [0.25, 0.3) is 43.2 Å². The first-order valence-electron chi connectivity index (χ1n) is 31.5. The van der Waals surface area contributed by atoms with Gasteiger partial charge < -0.3 is 45.3 Å². The predicted molar refractivity (Wildman–Crippen MR) is 362 cm³/mol. The number of aromatic hydroxyl groups is 2. The molecule has 0 aliphatic carbocycles. The molecule has 12 rings (SSSR count). The molecule has 518 valence electrons. The number of methoxy groups -OCH3 is 2. The van der Waals surface area contributed by atoms with Crippen molar-refractivity contribution in [1.82, 2.24) is 61.1 Å². The van der Waals surface area contributed by atoms with Crippen LogP contribution in [-0.2, 0) is 56.0 Å². The minimum atomic E-state index is -1.15. The molecule has 29 heteroatoms. The van der Waals surface area contributed by atoms with Gasteiger partial charge in [0.15, 0.2) is 23.3 Å². The van der Waals surface area contributed by atoms with Gasteiger partial charge in [-0.25, -0.2) is 32.4 Å². The minimum Gasteiger partial charge on any atom is -0.508 e. The summed E-state index contributed by atoms with van der Waals surface area (Å²) in [6.45, 7) is 0. The number of para-hydroxylation sites is 3. The molecule has 0 radical (unpaired) electrons. The van der Waals surface area contributed by atoms with Gasteiger partial charge in [0.25, 0.3) is 11.8 Å². The number of amides is 3. The van der Waals surface area contributed by atoms with Crippen LogP contribution in [0.3, 0.4) is 0 Å². The number of carbonyl (C=O) groups excluding carboxylic acids is 5. The predicted octanol–water partition coefficient (Wildman–Crippen LogP) is 11.9. The van der Waals surface area contributed by atoms with E-state index in [1.54, 1.807) is 46.8 Å². The molecule has 0 spiro atoms. The first-order chi connectivity index (χ1) is 48.8. The number of aromatic nitrogens is 9. The summed E-state index contributed by atoms with van der Waals surface area (Å²) in [5.74, 6) is -6.95. The third kappa shape index (κ3) is 18.7. The molecule has 7 aromatic carbocycles. The summed E-state index contributed by atoms with van der Waals surface area (Å²) in [4.78, 5) is 74.2. The Morgan fingerprint density at radius 2 is 0.921 bits per heavy atom. The number of hydrogen-bond donors (Lipinski definition) is 9. The summed E-state index contributed by atoms with van der Waals surface area (Å²) in [6, 6.07) is 39.1. The number of H-pyrrole nitrogens is 3. The molecule has 0 saturated heterocycles. The summed E-state index contributed by atoms with van der Waals surface area (Å²) in [7, 11) is 2.64. The Balaban J connectivity index is 0.000000174.